The number of fused-ring (bicyclic) bond motifs is 2. The summed E-state index contributed by atoms with van der Waals surface area (Å²) in [5, 5.41) is 2.94. The second-order valence-electron chi connectivity index (χ2n) is 5.34. The van der Waals surface area contributed by atoms with Crippen molar-refractivity contribution in [2.24, 2.45) is 0 Å². The number of aromatic amines is 1. The quantitative estimate of drug-likeness (QED) is 0.782. The first kappa shape index (κ1) is 13.4. The van der Waals surface area contributed by atoms with Gasteiger partial charge in [0.1, 0.15) is 5.82 Å². The van der Waals surface area contributed by atoms with Gasteiger partial charge in [-0.25, -0.2) is 4.98 Å². The lowest BCUT2D eigenvalue weighted by molar-refractivity contribution is -0.120. The molecule has 1 aromatic heterocycles. The van der Waals surface area contributed by atoms with E-state index in [0.717, 1.165) is 23.3 Å². The van der Waals surface area contributed by atoms with Crippen LogP contribution >= 0.6 is 11.8 Å². The van der Waals surface area contributed by atoms with Crippen LogP contribution in [0, 0.1) is 0 Å². The lowest BCUT2D eigenvalue weighted by Crippen LogP contribution is -2.32. The summed E-state index contributed by atoms with van der Waals surface area (Å²) < 4.78 is 0. The molecule has 1 aliphatic rings. The van der Waals surface area contributed by atoms with Crippen molar-refractivity contribution in [1.82, 2.24) is 15.3 Å². The van der Waals surface area contributed by atoms with E-state index in [0.29, 0.717) is 6.54 Å². The summed E-state index contributed by atoms with van der Waals surface area (Å²) in [6.07, 6.45) is 0.798. The summed E-state index contributed by atoms with van der Waals surface area (Å²) >= 11 is 1.64. The van der Waals surface area contributed by atoms with Crippen molar-refractivity contribution < 1.29 is 4.79 Å². The summed E-state index contributed by atoms with van der Waals surface area (Å²) in [6, 6.07) is 16.1. The van der Waals surface area contributed by atoms with Crippen LogP contribution in [0.2, 0.25) is 0 Å². The molecular weight excluding hydrogens is 294 g/mol. The van der Waals surface area contributed by atoms with Gasteiger partial charge in [-0.3, -0.25) is 4.79 Å². The van der Waals surface area contributed by atoms with Gasteiger partial charge >= 0.3 is 0 Å². The molecule has 2 aromatic carbocycles. The third kappa shape index (κ3) is 2.48. The van der Waals surface area contributed by atoms with Crippen LogP contribution in [-0.4, -0.2) is 21.1 Å². The van der Waals surface area contributed by atoms with E-state index in [2.05, 4.69) is 27.4 Å². The SMILES string of the molecule is O=C(NCc1nc2ccccc2[nH]1)C1Cc2ccccc2S1. The van der Waals surface area contributed by atoms with Crippen LogP contribution in [0.4, 0.5) is 0 Å². The highest BCUT2D eigenvalue weighted by Crippen LogP contribution is 2.36. The Labute approximate surface area is 132 Å². The van der Waals surface area contributed by atoms with E-state index in [1.165, 1.54) is 10.5 Å². The Hall–Kier alpha value is -2.27. The number of carbonyl (C=O) groups excluding carboxylic acids is 1. The first-order valence-electron chi connectivity index (χ1n) is 7.25. The maximum atomic E-state index is 12.3. The van der Waals surface area contributed by atoms with Crippen LogP contribution in [0.25, 0.3) is 11.0 Å². The van der Waals surface area contributed by atoms with Gasteiger partial charge in [0.25, 0.3) is 0 Å². The predicted octanol–water partition coefficient (Wildman–Crippen LogP) is 2.90. The molecule has 0 bridgehead atoms. The summed E-state index contributed by atoms with van der Waals surface area (Å²) in [7, 11) is 0. The third-order valence-electron chi connectivity index (χ3n) is 3.81. The number of rotatable bonds is 3. The van der Waals surface area contributed by atoms with E-state index < -0.39 is 0 Å². The number of H-pyrrole nitrogens is 1. The molecule has 0 aliphatic carbocycles. The average Bonchev–Trinajstić information content (AvgIpc) is 3.15. The number of amides is 1. The highest BCUT2D eigenvalue weighted by molar-refractivity contribution is 8.01. The first-order chi connectivity index (χ1) is 10.8. The number of nitrogens with zero attached hydrogens (tertiary/aromatic N) is 1. The summed E-state index contributed by atoms with van der Waals surface area (Å²) in [4.78, 5) is 21.2. The third-order valence-corrected chi connectivity index (χ3v) is 5.13. The number of nitrogens with one attached hydrogen (secondary N) is 2. The monoisotopic (exact) mass is 309 g/mol. The van der Waals surface area contributed by atoms with Gasteiger partial charge in [0.2, 0.25) is 5.91 Å². The minimum absolute atomic E-state index is 0.0400. The van der Waals surface area contributed by atoms with E-state index >= 15 is 0 Å². The van der Waals surface area contributed by atoms with Crippen LogP contribution < -0.4 is 5.32 Å². The molecular formula is C17H15N3OS. The van der Waals surface area contributed by atoms with Crippen molar-refractivity contribution in [2.45, 2.75) is 23.1 Å². The van der Waals surface area contributed by atoms with Crippen LogP contribution in [0.5, 0.6) is 0 Å². The second-order valence-corrected chi connectivity index (χ2v) is 6.58. The molecule has 22 heavy (non-hydrogen) atoms. The zero-order valence-corrected chi connectivity index (χ0v) is 12.7. The Morgan fingerprint density at radius 1 is 1.23 bits per heavy atom. The molecule has 1 amide bonds. The van der Waals surface area contributed by atoms with Gasteiger partial charge < -0.3 is 10.3 Å². The van der Waals surface area contributed by atoms with Crippen molar-refractivity contribution in [1.29, 1.82) is 0 Å². The van der Waals surface area contributed by atoms with E-state index in [1.807, 2.05) is 36.4 Å². The maximum absolute atomic E-state index is 12.3. The molecule has 4 nitrogen and oxygen atoms in total. The standard InChI is InChI=1S/C17H15N3OS/c21-17(15-9-11-5-1-4-8-14(11)22-15)18-10-16-19-12-6-2-3-7-13(12)20-16/h1-8,15H,9-10H2,(H,18,21)(H,19,20). The Morgan fingerprint density at radius 3 is 2.91 bits per heavy atom. The fourth-order valence-electron chi connectivity index (χ4n) is 2.70. The molecule has 0 fully saturated rings. The average molecular weight is 309 g/mol. The molecule has 1 unspecified atom stereocenters. The predicted molar refractivity (Wildman–Crippen MR) is 87.7 cm³/mol. The van der Waals surface area contributed by atoms with Crippen LogP contribution in [0.15, 0.2) is 53.4 Å². The zero-order chi connectivity index (χ0) is 14.9. The Balaban J connectivity index is 1.41. The number of benzene rings is 2. The molecule has 0 spiro atoms. The molecule has 1 aliphatic heterocycles. The lowest BCUT2D eigenvalue weighted by Gasteiger charge is -2.08. The van der Waals surface area contributed by atoms with Crippen LogP contribution in [-0.2, 0) is 17.8 Å². The minimum Gasteiger partial charge on any atom is -0.348 e. The number of hydrogen-bond donors (Lipinski definition) is 2. The molecule has 0 saturated heterocycles. The zero-order valence-electron chi connectivity index (χ0n) is 11.9. The molecule has 110 valence electrons. The molecule has 3 aromatic rings. The molecule has 0 saturated carbocycles. The highest BCUT2D eigenvalue weighted by atomic mass is 32.2. The van der Waals surface area contributed by atoms with Gasteiger partial charge in [0.15, 0.2) is 0 Å². The number of carbonyl (C=O) groups is 1. The maximum Gasteiger partial charge on any atom is 0.234 e. The topological polar surface area (TPSA) is 57.8 Å². The number of thioether (sulfide) groups is 1. The Kier molecular flexibility index (Phi) is 3.35. The van der Waals surface area contributed by atoms with Crippen LogP contribution in [0.1, 0.15) is 11.4 Å². The van der Waals surface area contributed by atoms with Crippen molar-refractivity contribution >= 4 is 28.7 Å². The lowest BCUT2D eigenvalue weighted by atomic mass is 10.1. The minimum atomic E-state index is -0.0400. The van der Waals surface area contributed by atoms with Gasteiger partial charge in [-0.1, -0.05) is 30.3 Å². The van der Waals surface area contributed by atoms with Gasteiger partial charge in [-0.15, -0.1) is 11.8 Å². The van der Waals surface area contributed by atoms with Crippen molar-refractivity contribution in [2.75, 3.05) is 0 Å². The van der Waals surface area contributed by atoms with E-state index in [9.17, 15) is 4.79 Å². The Bertz CT molecular complexity index is 785. The van der Waals surface area contributed by atoms with Gasteiger partial charge in [0.05, 0.1) is 22.8 Å². The molecule has 1 atom stereocenters. The fraction of sp³-hybridized carbons (Fsp3) is 0.176. The number of aromatic nitrogens is 2. The molecule has 2 heterocycles. The van der Waals surface area contributed by atoms with Crippen molar-refractivity contribution in [3.8, 4) is 0 Å². The molecule has 0 radical (unpaired) electrons. The smallest absolute Gasteiger partial charge is 0.234 e. The summed E-state index contributed by atoms with van der Waals surface area (Å²) in [6.45, 7) is 0.431. The Morgan fingerprint density at radius 2 is 2.05 bits per heavy atom. The molecule has 4 rings (SSSR count). The molecule has 5 heteroatoms. The van der Waals surface area contributed by atoms with E-state index in [4.69, 9.17) is 0 Å². The second kappa shape index (κ2) is 5.50. The number of para-hydroxylation sites is 2. The van der Waals surface area contributed by atoms with Crippen LogP contribution in [0.3, 0.4) is 0 Å². The van der Waals surface area contributed by atoms with Gasteiger partial charge in [-0.05, 0) is 30.2 Å². The number of hydrogen-bond acceptors (Lipinski definition) is 3. The molecule has 2 N–H and O–H groups in total. The van der Waals surface area contributed by atoms with Crippen molar-refractivity contribution in [3.63, 3.8) is 0 Å². The van der Waals surface area contributed by atoms with Gasteiger partial charge in [-0.2, -0.15) is 0 Å². The highest BCUT2D eigenvalue weighted by Gasteiger charge is 2.27. The van der Waals surface area contributed by atoms with E-state index in [-0.39, 0.29) is 11.2 Å². The van der Waals surface area contributed by atoms with E-state index in [1.54, 1.807) is 11.8 Å². The first-order valence-corrected chi connectivity index (χ1v) is 8.13. The van der Waals surface area contributed by atoms with Gasteiger partial charge in [0, 0.05) is 4.90 Å². The largest absolute Gasteiger partial charge is 0.348 e. The summed E-state index contributed by atoms with van der Waals surface area (Å²) in [5.41, 5.74) is 3.18. The number of imidazole rings is 1. The normalized spacial score (nSPS) is 16.6. The fourth-order valence-corrected chi connectivity index (χ4v) is 3.92. The van der Waals surface area contributed by atoms with Crippen molar-refractivity contribution in [3.05, 3.63) is 59.9 Å². The summed E-state index contributed by atoms with van der Waals surface area (Å²) in [5.74, 6) is 0.858.